The molecule has 148 valence electrons. The van der Waals surface area contributed by atoms with E-state index in [-0.39, 0.29) is 5.75 Å². The molecule has 1 fully saturated rings. The average Bonchev–Trinajstić information content (AvgIpc) is 3.43. The van der Waals surface area contributed by atoms with Crippen molar-refractivity contribution in [2.75, 3.05) is 0 Å². The largest absolute Gasteiger partial charge is 0.431 e. The summed E-state index contributed by atoms with van der Waals surface area (Å²) in [6, 6.07) is 8.60. The third kappa shape index (κ3) is 3.71. The van der Waals surface area contributed by atoms with Crippen molar-refractivity contribution < 1.29 is 18.7 Å². The van der Waals surface area contributed by atoms with Gasteiger partial charge < -0.3 is 4.74 Å². The summed E-state index contributed by atoms with van der Waals surface area (Å²) in [6.07, 6.45) is 3.23. The zero-order valence-corrected chi connectivity index (χ0v) is 15.5. The Bertz CT molecular complexity index is 1070. The zero-order chi connectivity index (χ0) is 20.4. The topological polar surface area (TPSA) is 106 Å². The molecule has 0 saturated heterocycles. The van der Waals surface area contributed by atoms with E-state index in [0.29, 0.717) is 11.9 Å². The van der Waals surface area contributed by atoms with Gasteiger partial charge in [0.05, 0.1) is 12.1 Å². The molecule has 2 heterocycles. The molecule has 0 radical (unpaired) electrons. The van der Waals surface area contributed by atoms with Crippen LogP contribution in [0.5, 0.6) is 5.75 Å². The van der Waals surface area contributed by atoms with E-state index in [9.17, 15) is 14.0 Å². The van der Waals surface area contributed by atoms with Crippen LogP contribution in [0, 0.1) is 5.92 Å². The van der Waals surface area contributed by atoms with E-state index in [4.69, 9.17) is 4.74 Å². The number of halogens is 1. The molecule has 29 heavy (non-hydrogen) atoms. The summed E-state index contributed by atoms with van der Waals surface area (Å²) in [7, 11) is 0. The molecule has 0 bridgehead atoms. The van der Waals surface area contributed by atoms with Crippen molar-refractivity contribution in [2.24, 2.45) is 5.92 Å². The van der Waals surface area contributed by atoms with Gasteiger partial charge in [-0.15, -0.1) is 5.10 Å². The Hall–Kier alpha value is -3.62. The maximum atomic E-state index is 14.3. The van der Waals surface area contributed by atoms with E-state index >= 15 is 0 Å². The third-order valence-corrected chi connectivity index (χ3v) is 4.92. The van der Waals surface area contributed by atoms with Gasteiger partial charge in [0, 0.05) is 23.7 Å². The maximum Gasteiger partial charge on any atom is 0.431 e. The highest BCUT2D eigenvalue weighted by Crippen LogP contribution is 2.51. The van der Waals surface area contributed by atoms with Crippen molar-refractivity contribution >= 4 is 22.9 Å². The molecule has 3 atom stereocenters. The van der Waals surface area contributed by atoms with Gasteiger partial charge in [-0.1, -0.05) is 19.1 Å². The van der Waals surface area contributed by atoms with E-state index in [0.717, 1.165) is 16.5 Å². The summed E-state index contributed by atoms with van der Waals surface area (Å²) in [4.78, 5) is 28.4. The number of pyridine rings is 1. The Labute approximate surface area is 165 Å². The lowest BCUT2D eigenvalue weighted by atomic mass is 10.0. The highest BCUT2D eigenvalue weighted by Gasteiger charge is 2.57. The van der Waals surface area contributed by atoms with E-state index in [1.165, 1.54) is 6.20 Å². The molecule has 1 aliphatic carbocycles. The summed E-state index contributed by atoms with van der Waals surface area (Å²) in [5, 5.41) is 8.46. The quantitative estimate of drug-likeness (QED) is 0.658. The van der Waals surface area contributed by atoms with E-state index < -0.39 is 30.0 Å². The Morgan fingerprint density at radius 2 is 2.03 bits per heavy atom. The molecule has 2 aromatic heterocycles. The fourth-order valence-corrected chi connectivity index (χ4v) is 3.39. The molecular weight excluding hydrogens is 377 g/mol. The highest BCUT2D eigenvalue weighted by atomic mass is 19.1. The Balaban J connectivity index is 1.37. The minimum atomic E-state index is -1.32. The first-order valence-electron chi connectivity index (χ1n) is 9.15. The number of benzene rings is 1. The minimum absolute atomic E-state index is 0.193. The van der Waals surface area contributed by atoms with Gasteiger partial charge in [-0.2, -0.15) is 5.10 Å². The summed E-state index contributed by atoms with van der Waals surface area (Å²) in [5.41, 5.74) is 6.45. The number of nitrogens with zero attached hydrogens (tertiary/aromatic N) is 3. The summed E-state index contributed by atoms with van der Waals surface area (Å²) < 4.78 is 19.5. The first kappa shape index (κ1) is 18.7. The van der Waals surface area contributed by atoms with Gasteiger partial charge in [0.1, 0.15) is 11.7 Å². The van der Waals surface area contributed by atoms with Crippen LogP contribution in [0.25, 0.3) is 10.9 Å². The second-order valence-corrected chi connectivity index (χ2v) is 6.65. The number of nitrogens with one attached hydrogen (secondary N) is 2. The maximum absolute atomic E-state index is 14.3. The Morgan fingerprint density at radius 1 is 1.17 bits per heavy atom. The minimum Gasteiger partial charge on any atom is -0.407 e. The number of fused-ring (bicyclic) bond motifs is 1. The van der Waals surface area contributed by atoms with Crippen molar-refractivity contribution in [1.29, 1.82) is 0 Å². The van der Waals surface area contributed by atoms with Gasteiger partial charge in [-0.05, 0) is 35.7 Å². The summed E-state index contributed by atoms with van der Waals surface area (Å²) >= 11 is 0. The molecule has 8 nitrogen and oxygen atoms in total. The number of aryl methyl sites for hydroxylation is 1. The molecule has 3 aromatic rings. The smallest absolute Gasteiger partial charge is 0.407 e. The molecule has 0 spiro atoms. The van der Waals surface area contributed by atoms with Crippen LogP contribution in [-0.2, 0) is 11.2 Å². The van der Waals surface area contributed by atoms with Crippen molar-refractivity contribution in [3.05, 3.63) is 60.0 Å². The van der Waals surface area contributed by atoms with Gasteiger partial charge in [0.2, 0.25) is 5.91 Å². The van der Waals surface area contributed by atoms with Crippen molar-refractivity contribution in [2.45, 2.75) is 25.4 Å². The standard InChI is InChI=1S/C20H18FN5O3/c1-2-11-6-8-22-10-13(11)15-16(17(15)21)19(27)25-26-20(28)29-14-5-3-4-12-7-9-23-24-18(12)14/h3-10,15-17H,2H2,1H3,(H,25,27)(H,26,28). The molecule has 1 aromatic carbocycles. The number of amides is 2. The number of aromatic nitrogens is 3. The van der Waals surface area contributed by atoms with Crippen LogP contribution in [0.4, 0.5) is 9.18 Å². The number of rotatable bonds is 4. The monoisotopic (exact) mass is 395 g/mol. The van der Waals surface area contributed by atoms with Crippen molar-refractivity contribution in [1.82, 2.24) is 26.0 Å². The van der Waals surface area contributed by atoms with Crippen molar-refractivity contribution in [3.8, 4) is 5.75 Å². The predicted octanol–water partition coefficient (Wildman–Crippen LogP) is 2.46. The molecule has 3 unspecified atom stereocenters. The zero-order valence-electron chi connectivity index (χ0n) is 15.5. The predicted molar refractivity (Wildman–Crippen MR) is 102 cm³/mol. The Kier molecular flexibility index (Phi) is 5.03. The van der Waals surface area contributed by atoms with Crippen LogP contribution in [0.2, 0.25) is 0 Å². The van der Waals surface area contributed by atoms with E-state index in [2.05, 4.69) is 26.0 Å². The molecule has 1 saturated carbocycles. The molecule has 0 aliphatic heterocycles. The van der Waals surface area contributed by atoms with Crippen LogP contribution in [0.3, 0.4) is 0 Å². The molecule has 2 N–H and O–H groups in total. The molecule has 4 rings (SSSR count). The fourth-order valence-electron chi connectivity index (χ4n) is 3.39. The van der Waals surface area contributed by atoms with Gasteiger partial charge in [0.25, 0.3) is 0 Å². The summed E-state index contributed by atoms with van der Waals surface area (Å²) in [6.45, 7) is 1.96. The second kappa shape index (κ2) is 7.78. The number of carbonyl (C=O) groups excluding carboxylic acids is 2. The van der Waals surface area contributed by atoms with E-state index in [1.807, 2.05) is 13.0 Å². The van der Waals surface area contributed by atoms with Gasteiger partial charge in [-0.3, -0.25) is 15.2 Å². The first-order chi connectivity index (χ1) is 14.1. The Morgan fingerprint density at radius 3 is 2.86 bits per heavy atom. The second-order valence-electron chi connectivity index (χ2n) is 6.65. The van der Waals surface area contributed by atoms with Crippen molar-refractivity contribution in [3.63, 3.8) is 0 Å². The normalized spacial score (nSPS) is 20.1. The lowest BCUT2D eigenvalue weighted by Crippen LogP contribution is -2.44. The first-order valence-corrected chi connectivity index (χ1v) is 9.15. The number of hydrazine groups is 1. The van der Waals surface area contributed by atoms with Gasteiger partial charge in [-0.25, -0.2) is 14.6 Å². The molecular formula is C20H18FN5O3. The van der Waals surface area contributed by atoms with Crippen LogP contribution >= 0.6 is 0 Å². The lowest BCUT2D eigenvalue weighted by molar-refractivity contribution is -0.123. The fraction of sp³-hybridized carbons (Fsp3) is 0.250. The molecule has 1 aliphatic rings. The third-order valence-electron chi connectivity index (χ3n) is 4.92. The number of carbonyl (C=O) groups is 2. The summed E-state index contributed by atoms with van der Waals surface area (Å²) in [5.74, 6) is -1.88. The number of ether oxygens (including phenoxy) is 1. The molecule has 2 amide bonds. The van der Waals surface area contributed by atoms with Gasteiger partial charge in [0.15, 0.2) is 5.75 Å². The van der Waals surface area contributed by atoms with Crippen LogP contribution in [0.15, 0.2) is 48.9 Å². The van der Waals surface area contributed by atoms with Crippen LogP contribution in [-0.4, -0.2) is 33.4 Å². The van der Waals surface area contributed by atoms with Crippen LogP contribution < -0.4 is 15.6 Å². The van der Waals surface area contributed by atoms with Gasteiger partial charge >= 0.3 is 6.09 Å². The number of hydrogen-bond donors (Lipinski definition) is 2. The average molecular weight is 395 g/mol. The molecule has 9 heteroatoms. The van der Waals surface area contributed by atoms with E-state index in [1.54, 1.807) is 36.7 Å². The highest BCUT2D eigenvalue weighted by molar-refractivity contribution is 5.88. The van der Waals surface area contributed by atoms with Crippen LogP contribution in [0.1, 0.15) is 24.0 Å². The lowest BCUT2D eigenvalue weighted by Gasteiger charge is -2.09. The number of hydrogen-bond acceptors (Lipinski definition) is 6. The SMILES string of the molecule is CCc1ccncc1C1C(F)C1C(=O)NNC(=O)Oc1cccc2ccnnc12. The number of alkyl halides is 1.